The van der Waals surface area contributed by atoms with Gasteiger partial charge in [-0.1, -0.05) is 0 Å². The highest BCUT2D eigenvalue weighted by Gasteiger charge is 2.17. The van der Waals surface area contributed by atoms with Gasteiger partial charge in [-0.3, -0.25) is 9.88 Å². The van der Waals surface area contributed by atoms with Gasteiger partial charge in [0.25, 0.3) is 0 Å². The number of likely N-dealkylation sites (tertiary alicyclic amines) is 1. The van der Waals surface area contributed by atoms with E-state index in [1.807, 2.05) is 19.1 Å². The molecule has 2 heterocycles. The molecule has 1 aliphatic heterocycles. The Labute approximate surface area is 103 Å². The summed E-state index contributed by atoms with van der Waals surface area (Å²) in [6.07, 6.45) is 2.32. The van der Waals surface area contributed by atoms with Crippen molar-refractivity contribution < 1.29 is 4.74 Å². The molecule has 0 aromatic carbocycles. The summed E-state index contributed by atoms with van der Waals surface area (Å²) < 4.78 is 5.26. The standard InChI is InChI=1S/C13H21N3O/c1-10-6-13(17-2)7-12(15-10)9-16-5-3-4-11(14)8-16/h6-7,11H,3-5,8-9,14H2,1-2H3. The van der Waals surface area contributed by atoms with E-state index in [-0.39, 0.29) is 0 Å². The van der Waals surface area contributed by atoms with Crippen LogP contribution >= 0.6 is 0 Å². The van der Waals surface area contributed by atoms with E-state index in [4.69, 9.17) is 10.5 Å². The number of nitrogens with zero attached hydrogens (tertiary/aromatic N) is 2. The molecular weight excluding hydrogens is 214 g/mol. The Balaban J connectivity index is 2.04. The summed E-state index contributed by atoms with van der Waals surface area (Å²) >= 11 is 0. The van der Waals surface area contributed by atoms with Crippen molar-refractivity contribution in [3.05, 3.63) is 23.5 Å². The fourth-order valence-corrected chi connectivity index (χ4v) is 2.37. The largest absolute Gasteiger partial charge is 0.497 e. The minimum Gasteiger partial charge on any atom is -0.497 e. The topological polar surface area (TPSA) is 51.4 Å². The summed E-state index contributed by atoms with van der Waals surface area (Å²) in [6.45, 7) is 4.95. The van der Waals surface area contributed by atoms with Gasteiger partial charge < -0.3 is 10.5 Å². The molecule has 2 N–H and O–H groups in total. The summed E-state index contributed by atoms with van der Waals surface area (Å²) in [5, 5.41) is 0. The first-order valence-electron chi connectivity index (χ1n) is 6.17. The van der Waals surface area contributed by atoms with Crippen LogP contribution in [0.25, 0.3) is 0 Å². The maximum absolute atomic E-state index is 5.98. The summed E-state index contributed by atoms with van der Waals surface area (Å²) in [6, 6.07) is 4.27. The van der Waals surface area contributed by atoms with Crippen LogP contribution in [-0.4, -0.2) is 36.1 Å². The van der Waals surface area contributed by atoms with Crippen LogP contribution in [0.5, 0.6) is 5.75 Å². The molecule has 94 valence electrons. The molecule has 1 unspecified atom stereocenters. The smallest absolute Gasteiger partial charge is 0.122 e. The van der Waals surface area contributed by atoms with Gasteiger partial charge in [-0.05, 0) is 26.3 Å². The molecule has 1 fully saturated rings. The van der Waals surface area contributed by atoms with Crippen LogP contribution in [0.2, 0.25) is 0 Å². The van der Waals surface area contributed by atoms with Gasteiger partial charge in [0, 0.05) is 37.0 Å². The lowest BCUT2D eigenvalue weighted by atomic mass is 10.1. The summed E-state index contributed by atoms with van der Waals surface area (Å²) in [5.41, 5.74) is 8.04. The second-order valence-electron chi connectivity index (χ2n) is 4.78. The van der Waals surface area contributed by atoms with Crippen molar-refractivity contribution in [3.8, 4) is 5.75 Å². The second-order valence-corrected chi connectivity index (χ2v) is 4.78. The quantitative estimate of drug-likeness (QED) is 0.858. The number of hydrogen-bond acceptors (Lipinski definition) is 4. The minimum absolute atomic E-state index is 0.315. The second kappa shape index (κ2) is 5.47. The van der Waals surface area contributed by atoms with Crippen molar-refractivity contribution in [2.75, 3.05) is 20.2 Å². The van der Waals surface area contributed by atoms with E-state index in [2.05, 4.69) is 9.88 Å². The zero-order valence-corrected chi connectivity index (χ0v) is 10.6. The van der Waals surface area contributed by atoms with Gasteiger partial charge >= 0.3 is 0 Å². The van der Waals surface area contributed by atoms with Crippen LogP contribution in [-0.2, 0) is 6.54 Å². The Kier molecular flexibility index (Phi) is 3.97. The molecule has 4 heteroatoms. The molecule has 0 aliphatic carbocycles. The van der Waals surface area contributed by atoms with E-state index in [1.165, 1.54) is 6.42 Å². The first kappa shape index (κ1) is 12.3. The molecule has 0 saturated carbocycles. The van der Waals surface area contributed by atoms with Crippen LogP contribution in [0.4, 0.5) is 0 Å². The third-order valence-electron chi connectivity index (χ3n) is 3.14. The first-order chi connectivity index (χ1) is 8.17. The third kappa shape index (κ3) is 3.41. The highest BCUT2D eigenvalue weighted by Crippen LogP contribution is 2.16. The number of aryl methyl sites for hydroxylation is 1. The number of ether oxygens (including phenoxy) is 1. The zero-order valence-electron chi connectivity index (χ0n) is 10.6. The Morgan fingerprint density at radius 1 is 1.53 bits per heavy atom. The minimum atomic E-state index is 0.315. The van der Waals surface area contributed by atoms with Gasteiger partial charge in [0.2, 0.25) is 0 Å². The van der Waals surface area contributed by atoms with Crippen molar-refractivity contribution >= 4 is 0 Å². The van der Waals surface area contributed by atoms with Crippen LogP contribution < -0.4 is 10.5 Å². The highest BCUT2D eigenvalue weighted by molar-refractivity contribution is 5.26. The van der Waals surface area contributed by atoms with Gasteiger partial charge in [-0.15, -0.1) is 0 Å². The molecule has 0 amide bonds. The number of hydrogen-bond donors (Lipinski definition) is 1. The molecule has 1 saturated heterocycles. The van der Waals surface area contributed by atoms with Crippen molar-refractivity contribution in [2.24, 2.45) is 5.73 Å². The molecule has 17 heavy (non-hydrogen) atoms. The molecular formula is C13H21N3O. The van der Waals surface area contributed by atoms with Crippen LogP contribution in [0, 0.1) is 6.92 Å². The van der Waals surface area contributed by atoms with Crippen molar-refractivity contribution in [1.82, 2.24) is 9.88 Å². The number of methoxy groups -OCH3 is 1. The molecule has 1 aliphatic rings. The van der Waals surface area contributed by atoms with E-state index < -0.39 is 0 Å². The molecule has 0 bridgehead atoms. The number of piperidine rings is 1. The van der Waals surface area contributed by atoms with E-state index in [9.17, 15) is 0 Å². The monoisotopic (exact) mass is 235 g/mol. The van der Waals surface area contributed by atoms with Gasteiger partial charge in [-0.25, -0.2) is 0 Å². The van der Waals surface area contributed by atoms with Crippen LogP contribution in [0.3, 0.4) is 0 Å². The summed E-state index contributed by atoms with van der Waals surface area (Å²) in [7, 11) is 1.69. The maximum atomic E-state index is 5.98. The van der Waals surface area contributed by atoms with Gasteiger partial charge in [0.15, 0.2) is 0 Å². The predicted molar refractivity (Wildman–Crippen MR) is 68.0 cm³/mol. The number of pyridine rings is 1. The molecule has 4 nitrogen and oxygen atoms in total. The molecule has 1 atom stereocenters. The Hall–Kier alpha value is -1.13. The fraction of sp³-hybridized carbons (Fsp3) is 0.615. The number of aromatic nitrogens is 1. The first-order valence-corrected chi connectivity index (χ1v) is 6.17. The summed E-state index contributed by atoms with van der Waals surface area (Å²) in [5.74, 6) is 0.883. The number of rotatable bonds is 3. The Morgan fingerprint density at radius 2 is 2.35 bits per heavy atom. The molecule has 0 radical (unpaired) electrons. The van der Waals surface area contributed by atoms with E-state index >= 15 is 0 Å². The lowest BCUT2D eigenvalue weighted by molar-refractivity contribution is 0.199. The number of nitrogens with two attached hydrogens (primary N) is 1. The van der Waals surface area contributed by atoms with Crippen molar-refractivity contribution in [1.29, 1.82) is 0 Å². The lowest BCUT2D eigenvalue weighted by Crippen LogP contribution is -2.42. The SMILES string of the molecule is COc1cc(C)nc(CN2CCCC(N)C2)c1. The Morgan fingerprint density at radius 3 is 3.06 bits per heavy atom. The van der Waals surface area contributed by atoms with Gasteiger partial charge in [0.1, 0.15) is 5.75 Å². The maximum Gasteiger partial charge on any atom is 0.122 e. The van der Waals surface area contributed by atoms with Crippen molar-refractivity contribution in [2.45, 2.75) is 32.4 Å². The molecule has 1 aromatic rings. The van der Waals surface area contributed by atoms with Gasteiger partial charge in [0.05, 0.1) is 12.8 Å². The highest BCUT2D eigenvalue weighted by atomic mass is 16.5. The van der Waals surface area contributed by atoms with Crippen LogP contribution in [0.15, 0.2) is 12.1 Å². The molecule has 1 aromatic heterocycles. The van der Waals surface area contributed by atoms with Crippen LogP contribution in [0.1, 0.15) is 24.2 Å². The average molecular weight is 235 g/mol. The fourth-order valence-electron chi connectivity index (χ4n) is 2.37. The zero-order chi connectivity index (χ0) is 12.3. The van der Waals surface area contributed by atoms with Crippen molar-refractivity contribution in [3.63, 3.8) is 0 Å². The summed E-state index contributed by atoms with van der Waals surface area (Å²) in [4.78, 5) is 6.91. The Bertz CT molecular complexity index is 381. The average Bonchev–Trinajstić information content (AvgIpc) is 2.28. The molecule has 0 spiro atoms. The van der Waals surface area contributed by atoms with E-state index in [0.717, 1.165) is 43.2 Å². The van der Waals surface area contributed by atoms with E-state index in [1.54, 1.807) is 7.11 Å². The normalized spacial score (nSPS) is 21.5. The van der Waals surface area contributed by atoms with Gasteiger partial charge in [-0.2, -0.15) is 0 Å². The third-order valence-corrected chi connectivity index (χ3v) is 3.14. The lowest BCUT2D eigenvalue weighted by Gasteiger charge is -2.30. The molecule has 2 rings (SSSR count). The predicted octanol–water partition coefficient (Wildman–Crippen LogP) is 1.32. The van der Waals surface area contributed by atoms with E-state index in [0.29, 0.717) is 6.04 Å².